The first kappa shape index (κ1) is 9.28. The number of rotatable bonds is 1. The molecule has 0 rings (SSSR count). The highest BCUT2D eigenvalue weighted by molar-refractivity contribution is 4.85. The van der Waals surface area contributed by atoms with Crippen molar-refractivity contribution in [2.75, 3.05) is 0 Å². The topological polar surface area (TPSA) is 23.8 Å². The Morgan fingerprint density at radius 1 is 1.30 bits per heavy atom. The quantitative estimate of drug-likeness (QED) is 0.564. The van der Waals surface area contributed by atoms with Crippen molar-refractivity contribution in [3.8, 4) is 6.07 Å². The van der Waals surface area contributed by atoms with Gasteiger partial charge in [0.25, 0.3) is 0 Å². The van der Waals surface area contributed by atoms with Crippen LogP contribution >= 0.6 is 0 Å². The van der Waals surface area contributed by atoms with Gasteiger partial charge in [-0.3, -0.25) is 0 Å². The maximum Gasteiger partial charge on any atom is 0.392 e. The number of nitriles is 1. The molecular weight excluding hydrogens is 143 g/mol. The zero-order chi connectivity index (χ0) is 8.36. The van der Waals surface area contributed by atoms with Gasteiger partial charge in [0.05, 0.1) is 17.9 Å². The molecule has 0 spiro atoms. The lowest BCUT2D eigenvalue weighted by Gasteiger charge is -2.16. The van der Waals surface area contributed by atoms with Crippen molar-refractivity contribution >= 4 is 0 Å². The zero-order valence-corrected chi connectivity index (χ0v) is 5.74. The van der Waals surface area contributed by atoms with E-state index in [4.69, 9.17) is 5.26 Å². The summed E-state index contributed by atoms with van der Waals surface area (Å²) in [5.41, 5.74) is 0. The molecule has 0 amide bonds. The fourth-order valence-electron chi connectivity index (χ4n) is 0.395. The van der Waals surface area contributed by atoms with Crippen LogP contribution in [0.5, 0.6) is 0 Å². The molecule has 0 aromatic carbocycles. The first-order valence-corrected chi connectivity index (χ1v) is 2.86. The Hall–Kier alpha value is -0.720. The Morgan fingerprint density at radius 3 is 1.80 bits per heavy atom. The van der Waals surface area contributed by atoms with Gasteiger partial charge >= 0.3 is 6.18 Å². The molecule has 2 unspecified atom stereocenters. The molecule has 2 atom stereocenters. The van der Waals surface area contributed by atoms with Gasteiger partial charge < -0.3 is 0 Å². The maximum absolute atomic E-state index is 11.7. The third kappa shape index (κ3) is 2.26. The lowest BCUT2D eigenvalue weighted by atomic mass is 9.97. The van der Waals surface area contributed by atoms with E-state index in [1.165, 1.54) is 6.92 Å². The molecule has 0 aliphatic rings. The maximum atomic E-state index is 11.7. The molecule has 0 N–H and O–H groups in total. The molecule has 4 heteroatoms. The highest BCUT2D eigenvalue weighted by atomic mass is 19.4. The number of nitrogens with zero attached hydrogens (tertiary/aromatic N) is 1. The van der Waals surface area contributed by atoms with E-state index in [1.54, 1.807) is 6.07 Å². The fraction of sp³-hybridized carbons (Fsp3) is 0.833. The van der Waals surface area contributed by atoms with E-state index in [9.17, 15) is 13.2 Å². The number of hydrogen-bond acceptors (Lipinski definition) is 1. The first-order chi connectivity index (χ1) is 4.39. The van der Waals surface area contributed by atoms with Crippen molar-refractivity contribution in [2.24, 2.45) is 11.8 Å². The monoisotopic (exact) mass is 151 g/mol. The van der Waals surface area contributed by atoms with Gasteiger partial charge in [-0.05, 0) is 6.92 Å². The molecule has 0 bridgehead atoms. The van der Waals surface area contributed by atoms with E-state index in [0.717, 1.165) is 6.92 Å². The molecule has 0 fully saturated rings. The van der Waals surface area contributed by atoms with Gasteiger partial charge in [-0.1, -0.05) is 6.92 Å². The number of alkyl halides is 3. The van der Waals surface area contributed by atoms with Gasteiger partial charge in [0.2, 0.25) is 0 Å². The molecular formula is C6H8F3N. The molecule has 0 saturated heterocycles. The third-order valence-corrected chi connectivity index (χ3v) is 1.47. The minimum atomic E-state index is -4.24. The third-order valence-electron chi connectivity index (χ3n) is 1.47. The highest BCUT2D eigenvalue weighted by Gasteiger charge is 2.39. The zero-order valence-electron chi connectivity index (χ0n) is 5.74. The minimum Gasteiger partial charge on any atom is -0.198 e. The predicted octanol–water partition coefficient (Wildman–Crippen LogP) is 2.34. The summed E-state index contributed by atoms with van der Waals surface area (Å²) >= 11 is 0. The minimum absolute atomic E-state index is 0.958. The van der Waals surface area contributed by atoms with Crippen LogP contribution in [0.1, 0.15) is 13.8 Å². The van der Waals surface area contributed by atoms with Crippen LogP contribution in [0.25, 0.3) is 0 Å². The average Bonchev–Trinajstić information content (AvgIpc) is 1.83. The van der Waals surface area contributed by atoms with E-state index < -0.39 is 18.0 Å². The predicted molar refractivity (Wildman–Crippen MR) is 30.0 cm³/mol. The second-order valence-electron chi connectivity index (χ2n) is 2.25. The summed E-state index contributed by atoms with van der Waals surface area (Å²) in [6.07, 6.45) is -4.24. The van der Waals surface area contributed by atoms with Crippen LogP contribution in [0.3, 0.4) is 0 Å². The van der Waals surface area contributed by atoms with Crippen LogP contribution in [0, 0.1) is 23.2 Å². The van der Waals surface area contributed by atoms with Crippen molar-refractivity contribution in [3.63, 3.8) is 0 Å². The van der Waals surface area contributed by atoms with Crippen molar-refractivity contribution in [3.05, 3.63) is 0 Å². The molecule has 0 aliphatic heterocycles. The Morgan fingerprint density at radius 2 is 1.70 bits per heavy atom. The van der Waals surface area contributed by atoms with E-state index in [0.29, 0.717) is 0 Å². The van der Waals surface area contributed by atoms with Gasteiger partial charge in [-0.15, -0.1) is 0 Å². The van der Waals surface area contributed by atoms with Crippen LogP contribution in [-0.4, -0.2) is 6.18 Å². The Balaban J connectivity index is 4.11. The molecule has 0 aliphatic carbocycles. The molecule has 1 nitrogen and oxygen atoms in total. The molecule has 58 valence electrons. The van der Waals surface area contributed by atoms with Gasteiger partial charge in [0.15, 0.2) is 0 Å². The molecule has 0 saturated carbocycles. The van der Waals surface area contributed by atoms with Crippen molar-refractivity contribution < 1.29 is 13.2 Å². The number of hydrogen-bond donors (Lipinski definition) is 0. The lowest BCUT2D eigenvalue weighted by Crippen LogP contribution is -2.25. The molecule has 0 aromatic heterocycles. The second-order valence-corrected chi connectivity index (χ2v) is 2.25. The van der Waals surface area contributed by atoms with Crippen LogP contribution in [-0.2, 0) is 0 Å². The molecule has 10 heavy (non-hydrogen) atoms. The summed E-state index contributed by atoms with van der Waals surface area (Å²) in [6, 6.07) is 1.55. The molecule has 0 heterocycles. The Labute approximate surface area is 57.5 Å². The fourth-order valence-corrected chi connectivity index (χ4v) is 0.395. The Kier molecular flexibility index (Phi) is 2.70. The lowest BCUT2D eigenvalue weighted by molar-refractivity contribution is -0.177. The summed E-state index contributed by atoms with van der Waals surface area (Å²) in [5, 5.41) is 8.12. The van der Waals surface area contributed by atoms with Crippen LogP contribution in [0.2, 0.25) is 0 Å². The van der Waals surface area contributed by atoms with E-state index >= 15 is 0 Å². The van der Waals surface area contributed by atoms with Crippen molar-refractivity contribution in [2.45, 2.75) is 20.0 Å². The second kappa shape index (κ2) is 2.91. The largest absolute Gasteiger partial charge is 0.392 e. The normalized spacial score (nSPS) is 17.6. The SMILES string of the molecule is CC(C#N)C(C)C(F)(F)F. The summed E-state index contributed by atoms with van der Waals surface area (Å²) in [5.74, 6) is -2.49. The highest BCUT2D eigenvalue weighted by Crippen LogP contribution is 2.30. The van der Waals surface area contributed by atoms with Gasteiger partial charge in [0.1, 0.15) is 0 Å². The van der Waals surface area contributed by atoms with E-state index in [2.05, 4.69) is 0 Å². The van der Waals surface area contributed by atoms with E-state index in [-0.39, 0.29) is 0 Å². The summed E-state index contributed by atoms with van der Waals surface area (Å²) in [4.78, 5) is 0. The van der Waals surface area contributed by atoms with Gasteiger partial charge in [0, 0.05) is 0 Å². The van der Waals surface area contributed by atoms with Gasteiger partial charge in [-0.25, -0.2) is 0 Å². The smallest absolute Gasteiger partial charge is 0.198 e. The summed E-state index contributed by atoms with van der Waals surface area (Å²) in [7, 11) is 0. The summed E-state index contributed by atoms with van der Waals surface area (Å²) in [6.45, 7) is 2.27. The van der Waals surface area contributed by atoms with Gasteiger partial charge in [-0.2, -0.15) is 18.4 Å². The first-order valence-electron chi connectivity index (χ1n) is 2.86. The number of halogens is 3. The average molecular weight is 151 g/mol. The standard InChI is InChI=1S/C6H8F3N/c1-4(3-10)5(2)6(7,8)9/h4-5H,1-2H3. The summed E-state index contributed by atoms with van der Waals surface area (Å²) < 4.78 is 35.2. The Bertz CT molecular complexity index is 144. The molecule has 0 aromatic rings. The molecule has 0 radical (unpaired) electrons. The van der Waals surface area contributed by atoms with E-state index in [1.807, 2.05) is 0 Å². The van der Waals surface area contributed by atoms with Crippen LogP contribution in [0.4, 0.5) is 13.2 Å². The van der Waals surface area contributed by atoms with Crippen LogP contribution in [0.15, 0.2) is 0 Å². The van der Waals surface area contributed by atoms with Crippen molar-refractivity contribution in [1.82, 2.24) is 0 Å². The van der Waals surface area contributed by atoms with Crippen molar-refractivity contribution in [1.29, 1.82) is 5.26 Å². The van der Waals surface area contributed by atoms with Crippen LogP contribution < -0.4 is 0 Å².